The molecule has 5 N–H and O–H groups in total. The first-order valence-electron chi connectivity index (χ1n) is 3.84. The van der Waals surface area contributed by atoms with Gasteiger partial charge in [-0.25, -0.2) is 0 Å². The molecule has 6 heteroatoms. The first kappa shape index (κ1) is 12.3. The molecule has 0 aliphatic heterocycles. The van der Waals surface area contributed by atoms with Gasteiger partial charge in [0, 0.05) is 0 Å². The number of rotatable bonds is 6. The van der Waals surface area contributed by atoms with Crippen LogP contribution in [0.25, 0.3) is 0 Å². The molecule has 1 unspecified atom stereocenters. The molecular weight excluding hydrogens is 178 g/mol. The third-order valence-electron chi connectivity index (χ3n) is 1.80. The molecule has 0 aromatic rings. The molecular formula is C7H15NO5. The maximum absolute atomic E-state index is 10.4. The quantitative estimate of drug-likeness (QED) is 0.326. The molecule has 0 aliphatic rings. The number of aliphatic hydroxyl groups excluding tert-OH is 3. The fourth-order valence-corrected chi connectivity index (χ4v) is 0.808. The Morgan fingerprint density at radius 3 is 1.92 bits per heavy atom. The van der Waals surface area contributed by atoms with Gasteiger partial charge < -0.3 is 20.4 Å². The van der Waals surface area contributed by atoms with Gasteiger partial charge in [-0.3, -0.25) is 10.1 Å². The fraction of sp³-hybridized carbons (Fsp3) is 0.857. The number of carbonyl (C=O) groups is 1. The van der Waals surface area contributed by atoms with E-state index in [2.05, 4.69) is 5.32 Å². The minimum Gasteiger partial charge on any atom is -0.480 e. The summed E-state index contributed by atoms with van der Waals surface area (Å²) in [5.74, 6) is -1.11. The third kappa shape index (κ3) is 3.27. The van der Waals surface area contributed by atoms with Crippen molar-refractivity contribution >= 4 is 5.97 Å². The predicted octanol–water partition coefficient (Wildman–Crippen LogP) is -2.24. The van der Waals surface area contributed by atoms with Crippen molar-refractivity contribution in [1.82, 2.24) is 5.32 Å². The number of aliphatic hydroxyl groups is 3. The molecule has 78 valence electrons. The zero-order valence-corrected chi connectivity index (χ0v) is 7.40. The van der Waals surface area contributed by atoms with E-state index in [1.807, 2.05) is 0 Å². The summed E-state index contributed by atoms with van der Waals surface area (Å²) < 4.78 is 0. The second kappa shape index (κ2) is 5.13. The summed E-state index contributed by atoms with van der Waals surface area (Å²) in [7, 11) is 0. The average molecular weight is 193 g/mol. The minimum atomic E-state index is -1.34. The van der Waals surface area contributed by atoms with Gasteiger partial charge in [-0.1, -0.05) is 0 Å². The lowest BCUT2D eigenvalue weighted by Crippen LogP contribution is -2.59. The Hall–Kier alpha value is -0.690. The van der Waals surface area contributed by atoms with Crippen LogP contribution in [0.15, 0.2) is 0 Å². The average Bonchev–Trinajstić information content (AvgIpc) is 2.14. The van der Waals surface area contributed by atoms with Crippen molar-refractivity contribution in [2.24, 2.45) is 0 Å². The Morgan fingerprint density at radius 2 is 1.69 bits per heavy atom. The van der Waals surface area contributed by atoms with E-state index in [0.29, 0.717) is 0 Å². The van der Waals surface area contributed by atoms with Crippen LogP contribution in [0, 0.1) is 0 Å². The molecule has 0 amide bonds. The molecule has 0 radical (unpaired) electrons. The van der Waals surface area contributed by atoms with E-state index in [0.717, 1.165) is 0 Å². The van der Waals surface area contributed by atoms with E-state index in [9.17, 15) is 4.79 Å². The normalized spacial score (nSPS) is 14.2. The second-order valence-electron chi connectivity index (χ2n) is 2.96. The summed E-state index contributed by atoms with van der Waals surface area (Å²) in [6, 6.07) is -0.938. The highest BCUT2D eigenvalue weighted by molar-refractivity contribution is 5.73. The number of carboxylic acid groups (broad SMARTS) is 1. The Balaban J connectivity index is 4.32. The van der Waals surface area contributed by atoms with Crippen molar-refractivity contribution in [3.8, 4) is 0 Å². The van der Waals surface area contributed by atoms with Crippen molar-refractivity contribution in [3.05, 3.63) is 0 Å². The number of aliphatic carboxylic acids is 1. The molecule has 6 nitrogen and oxygen atoms in total. The largest absolute Gasteiger partial charge is 0.480 e. The van der Waals surface area contributed by atoms with Crippen LogP contribution in [-0.4, -0.2) is 57.8 Å². The topological polar surface area (TPSA) is 110 Å². The van der Waals surface area contributed by atoms with Crippen LogP contribution in [0.5, 0.6) is 0 Å². The van der Waals surface area contributed by atoms with Crippen molar-refractivity contribution in [2.45, 2.75) is 18.5 Å². The van der Waals surface area contributed by atoms with E-state index in [1.54, 1.807) is 0 Å². The highest BCUT2D eigenvalue weighted by Gasteiger charge is 2.31. The molecule has 0 fully saturated rings. The lowest BCUT2D eigenvalue weighted by molar-refractivity contribution is -0.140. The molecule has 0 aromatic carbocycles. The van der Waals surface area contributed by atoms with Gasteiger partial charge in [0.25, 0.3) is 0 Å². The van der Waals surface area contributed by atoms with Gasteiger partial charge in [0.1, 0.15) is 6.04 Å². The van der Waals surface area contributed by atoms with E-state index in [-0.39, 0.29) is 0 Å². The highest BCUT2D eigenvalue weighted by atomic mass is 16.4. The van der Waals surface area contributed by atoms with E-state index >= 15 is 0 Å². The van der Waals surface area contributed by atoms with Gasteiger partial charge in [0.2, 0.25) is 0 Å². The second-order valence-corrected chi connectivity index (χ2v) is 2.96. The van der Waals surface area contributed by atoms with Gasteiger partial charge in [0.05, 0.1) is 25.4 Å². The molecule has 0 aromatic heterocycles. The zero-order valence-electron chi connectivity index (χ0n) is 7.40. The molecule has 0 rings (SSSR count). The molecule has 1 atom stereocenters. The minimum absolute atomic E-state index is 0.530. The first-order valence-corrected chi connectivity index (χ1v) is 3.84. The van der Waals surface area contributed by atoms with Crippen molar-refractivity contribution in [3.63, 3.8) is 0 Å². The van der Waals surface area contributed by atoms with Crippen LogP contribution in [0.1, 0.15) is 6.92 Å². The number of nitrogens with one attached hydrogen (secondary N) is 1. The number of carboxylic acids is 1. The van der Waals surface area contributed by atoms with Crippen LogP contribution in [0.3, 0.4) is 0 Å². The van der Waals surface area contributed by atoms with Crippen LogP contribution >= 0.6 is 0 Å². The lowest BCUT2D eigenvalue weighted by atomic mass is 10.0. The molecule has 0 spiro atoms. The summed E-state index contributed by atoms with van der Waals surface area (Å²) in [6.45, 7) is -0.231. The van der Waals surface area contributed by atoms with Crippen LogP contribution in [0.4, 0.5) is 0 Å². The molecule has 0 bridgehead atoms. The van der Waals surface area contributed by atoms with Crippen molar-refractivity contribution < 1.29 is 25.2 Å². The van der Waals surface area contributed by atoms with E-state index < -0.39 is 37.4 Å². The Kier molecular flexibility index (Phi) is 4.86. The summed E-state index contributed by atoms with van der Waals surface area (Å²) >= 11 is 0. The zero-order chi connectivity index (χ0) is 10.5. The van der Waals surface area contributed by atoms with E-state index in [1.165, 1.54) is 6.92 Å². The molecule has 0 saturated heterocycles. The number of hydrogen-bond acceptors (Lipinski definition) is 5. The molecule has 0 heterocycles. The van der Waals surface area contributed by atoms with Gasteiger partial charge in [-0.2, -0.15) is 0 Å². The summed E-state index contributed by atoms with van der Waals surface area (Å²) in [6.07, 6.45) is 0. The molecule has 13 heavy (non-hydrogen) atoms. The smallest absolute Gasteiger partial charge is 0.320 e. The van der Waals surface area contributed by atoms with Crippen LogP contribution < -0.4 is 5.32 Å². The Morgan fingerprint density at radius 1 is 1.31 bits per heavy atom. The maximum atomic E-state index is 10.4. The first-order chi connectivity index (χ1) is 6.01. The third-order valence-corrected chi connectivity index (χ3v) is 1.80. The Labute approximate surface area is 75.8 Å². The highest BCUT2D eigenvalue weighted by Crippen LogP contribution is 2.03. The SMILES string of the molecule is CC(NC(CO)(CO)CO)C(=O)O. The van der Waals surface area contributed by atoms with E-state index in [4.69, 9.17) is 20.4 Å². The summed E-state index contributed by atoms with van der Waals surface area (Å²) in [5.41, 5.74) is -1.34. The molecule has 0 aliphatic carbocycles. The molecule has 0 saturated carbocycles. The van der Waals surface area contributed by atoms with Gasteiger partial charge in [-0.15, -0.1) is 0 Å². The maximum Gasteiger partial charge on any atom is 0.320 e. The lowest BCUT2D eigenvalue weighted by Gasteiger charge is -2.30. The standard InChI is InChI=1S/C7H15NO5/c1-5(6(12)13)8-7(2-9,3-10)4-11/h5,8-11H,2-4H2,1H3,(H,12,13). The number of hydrogen-bond donors (Lipinski definition) is 5. The van der Waals surface area contributed by atoms with Crippen molar-refractivity contribution in [1.29, 1.82) is 0 Å². The monoisotopic (exact) mass is 193 g/mol. The summed E-state index contributed by atoms with van der Waals surface area (Å²) in [5, 5.41) is 37.4. The van der Waals surface area contributed by atoms with Crippen LogP contribution in [0.2, 0.25) is 0 Å². The fourth-order valence-electron chi connectivity index (χ4n) is 0.808. The predicted molar refractivity (Wildman–Crippen MR) is 44.2 cm³/mol. The van der Waals surface area contributed by atoms with Gasteiger partial charge in [0.15, 0.2) is 0 Å². The van der Waals surface area contributed by atoms with Crippen LogP contribution in [-0.2, 0) is 4.79 Å². The van der Waals surface area contributed by atoms with Crippen molar-refractivity contribution in [2.75, 3.05) is 19.8 Å². The van der Waals surface area contributed by atoms with Gasteiger partial charge in [-0.05, 0) is 6.92 Å². The van der Waals surface area contributed by atoms with Gasteiger partial charge >= 0.3 is 5.97 Å². The summed E-state index contributed by atoms with van der Waals surface area (Å²) in [4.78, 5) is 10.4. The Bertz CT molecular complexity index is 160.